The number of anilines is 3. The molecule has 0 radical (unpaired) electrons. The number of aryl methyl sites for hydroxylation is 1. The SMILES string of the molecule is C[C@H]1COCCN1c1nc(-c2ccc(Nc3cccc(=O)n3N)cc2)nc2c1CCn1nc(C#N)cc1-2. The van der Waals surface area contributed by atoms with E-state index in [1.807, 2.05) is 28.9 Å². The summed E-state index contributed by atoms with van der Waals surface area (Å²) in [5.74, 6) is 7.82. The zero-order valence-electron chi connectivity index (χ0n) is 20.3. The monoisotopic (exact) mass is 495 g/mol. The fraction of sp³-hybridized carbons (Fsp3) is 0.269. The lowest BCUT2D eigenvalue weighted by Gasteiger charge is -2.36. The van der Waals surface area contributed by atoms with Gasteiger partial charge in [0.05, 0.1) is 30.6 Å². The van der Waals surface area contributed by atoms with E-state index in [1.54, 1.807) is 18.2 Å². The molecule has 3 aromatic heterocycles. The predicted octanol–water partition coefficient (Wildman–Crippen LogP) is 2.28. The molecule has 1 aromatic carbocycles. The van der Waals surface area contributed by atoms with Gasteiger partial charge in [0.1, 0.15) is 17.7 Å². The van der Waals surface area contributed by atoms with Crippen LogP contribution in [0.25, 0.3) is 22.8 Å². The third kappa shape index (κ3) is 4.07. The Kier molecular flexibility index (Phi) is 5.58. The number of rotatable bonds is 4. The minimum Gasteiger partial charge on any atom is -0.377 e. The zero-order valence-corrected chi connectivity index (χ0v) is 20.3. The second-order valence-electron chi connectivity index (χ2n) is 9.14. The highest BCUT2D eigenvalue weighted by Crippen LogP contribution is 2.37. The molecule has 11 heteroatoms. The Morgan fingerprint density at radius 1 is 1.16 bits per heavy atom. The highest BCUT2D eigenvalue weighted by Gasteiger charge is 2.30. The van der Waals surface area contributed by atoms with Gasteiger partial charge in [-0.25, -0.2) is 14.6 Å². The maximum Gasteiger partial charge on any atom is 0.270 e. The topological polar surface area (TPSA) is 140 Å². The first kappa shape index (κ1) is 22.8. The molecule has 1 saturated heterocycles. The molecule has 0 amide bonds. The number of hydrogen-bond acceptors (Lipinski definition) is 9. The summed E-state index contributed by atoms with van der Waals surface area (Å²) in [5, 5.41) is 17.0. The predicted molar refractivity (Wildman–Crippen MR) is 139 cm³/mol. The van der Waals surface area contributed by atoms with Gasteiger partial charge in [-0.15, -0.1) is 0 Å². The molecule has 0 unspecified atom stereocenters. The highest BCUT2D eigenvalue weighted by atomic mass is 16.5. The highest BCUT2D eigenvalue weighted by molar-refractivity contribution is 5.74. The van der Waals surface area contributed by atoms with E-state index in [-0.39, 0.29) is 11.6 Å². The smallest absolute Gasteiger partial charge is 0.270 e. The molecule has 1 atom stereocenters. The first-order chi connectivity index (χ1) is 18.0. The Hall–Kier alpha value is -4.69. The van der Waals surface area contributed by atoms with Crippen LogP contribution in [0.2, 0.25) is 0 Å². The standard InChI is InChI=1S/C26H25N9O2/c1-16-15-37-12-11-33(16)26-20-9-10-34-21(13-19(14-27)32-34)24(20)30-25(31-26)17-5-7-18(8-6-17)29-22-3-2-4-23(36)35(22)28/h2-8,13,16,29H,9-12,15,28H2,1H3/t16-/m0/s1. The molecule has 37 heavy (non-hydrogen) atoms. The van der Waals surface area contributed by atoms with Gasteiger partial charge in [-0.05, 0) is 43.7 Å². The van der Waals surface area contributed by atoms with Gasteiger partial charge < -0.3 is 20.8 Å². The Morgan fingerprint density at radius 3 is 2.78 bits per heavy atom. The van der Waals surface area contributed by atoms with Crippen molar-refractivity contribution in [3.05, 3.63) is 70.1 Å². The summed E-state index contributed by atoms with van der Waals surface area (Å²) >= 11 is 0. The molecule has 0 aliphatic carbocycles. The molecular weight excluding hydrogens is 470 g/mol. The first-order valence-electron chi connectivity index (χ1n) is 12.1. The number of ether oxygens (including phenoxy) is 1. The first-order valence-corrected chi connectivity index (χ1v) is 12.1. The van der Waals surface area contributed by atoms with E-state index in [0.29, 0.717) is 37.1 Å². The summed E-state index contributed by atoms with van der Waals surface area (Å²) in [6.45, 7) is 4.82. The third-order valence-corrected chi connectivity index (χ3v) is 6.74. The Bertz CT molecular complexity index is 1580. The number of benzene rings is 1. The normalized spacial score (nSPS) is 16.5. The van der Waals surface area contributed by atoms with Crippen LogP contribution in [0.1, 0.15) is 18.2 Å². The maximum atomic E-state index is 11.8. The number of nitrogens with one attached hydrogen (secondary N) is 1. The third-order valence-electron chi connectivity index (χ3n) is 6.74. The van der Waals surface area contributed by atoms with E-state index in [9.17, 15) is 10.1 Å². The molecule has 1 fully saturated rings. The van der Waals surface area contributed by atoms with Crippen LogP contribution in [0, 0.1) is 11.3 Å². The lowest BCUT2D eigenvalue weighted by Crippen LogP contribution is -2.45. The molecule has 4 aromatic rings. The van der Waals surface area contributed by atoms with Gasteiger partial charge >= 0.3 is 0 Å². The van der Waals surface area contributed by atoms with Gasteiger partial charge in [0.25, 0.3) is 5.56 Å². The van der Waals surface area contributed by atoms with E-state index in [0.717, 1.165) is 51.7 Å². The maximum absolute atomic E-state index is 11.8. The number of aromatic nitrogens is 5. The van der Waals surface area contributed by atoms with E-state index < -0.39 is 0 Å². The van der Waals surface area contributed by atoms with Crippen molar-refractivity contribution in [1.82, 2.24) is 24.4 Å². The van der Waals surface area contributed by atoms with Crippen molar-refractivity contribution in [1.29, 1.82) is 5.26 Å². The fourth-order valence-corrected chi connectivity index (χ4v) is 4.83. The molecule has 2 aliphatic rings. The van der Waals surface area contributed by atoms with Crippen molar-refractivity contribution in [2.24, 2.45) is 0 Å². The van der Waals surface area contributed by atoms with E-state index in [1.165, 1.54) is 6.07 Å². The van der Waals surface area contributed by atoms with Crippen LogP contribution in [0.4, 0.5) is 17.3 Å². The summed E-state index contributed by atoms with van der Waals surface area (Å²) < 4.78 is 8.59. The van der Waals surface area contributed by atoms with Crippen LogP contribution in [-0.4, -0.2) is 50.2 Å². The molecule has 0 bridgehead atoms. The van der Waals surface area contributed by atoms with Crippen molar-refractivity contribution in [3.8, 4) is 28.8 Å². The van der Waals surface area contributed by atoms with Gasteiger partial charge in [0.2, 0.25) is 0 Å². The summed E-state index contributed by atoms with van der Waals surface area (Å²) in [6.07, 6.45) is 0.731. The van der Waals surface area contributed by atoms with Crippen molar-refractivity contribution in [2.75, 3.05) is 35.8 Å². The summed E-state index contributed by atoms with van der Waals surface area (Å²) in [7, 11) is 0. The Labute approximate surface area is 212 Å². The molecule has 5 heterocycles. The number of hydrogen-bond donors (Lipinski definition) is 2. The van der Waals surface area contributed by atoms with Crippen LogP contribution in [0.3, 0.4) is 0 Å². The zero-order chi connectivity index (χ0) is 25.5. The van der Waals surface area contributed by atoms with Crippen molar-refractivity contribution in [3.63, 3.8) is 0 Å². The fourth-order valence-electron chi connectivity index (χ4n) is 4.83. The second kappa shape index (κ2) is 9.07. The number of nitrogen functional groups attached to an aromatic ring is 1. The van der Waals surface area contributed by atoms with Crippen molar-refractivity contribution >= 4 is 17.3 Å². The molecule has 11 nitrogen and oxygen atoms in total. The quantitative estimate of drug-likeness (QED) is 0.408. The van der Waals surface area contributed by atoms with Gasteiger partial charge in [-0.1, -0.05) is 6.07 Å². The molecule has 186 valence electrons. The average Bonchev–Trinajstić information content (AvgIpc) is 3.36. The number of fused-ring (bicyclic) bond motifs is 3. The van der Waals surface area contributed by atoms with Crippen molar-refractivity contribution in [2.45, 2.75) is 25.9 Å². The number of nitriles is 1. The summed E-state index contributed by atoms with van der Waals surface area (Å²) in [5.41, 5.74) is 4.38. The van der Waals surface area contributed by atoms with E-state index >= 15 is 0 Å². The molecule has 0 saturated carbocycles. The van der Waals surface area contributed by atoms with Gasteiger partial charge in [0.15, 0.2) is 11.5 Å². The lowest BCUT2D eigenvalue weighted by molar-refractivity contribution is 0.0984. The summed E-state index contributed by atoms with van der Waals surface area (Å²) in [6, 6.07) is 16.5. The largest absolute Gasteiger partial charge is 0.377 e. The minimum absolute atomic E-state index is 0.174. The van der Waals surface area contributed by atoms with Crippen LogP contribution in [-0.2, 0) is 17.7 Å². The van der Waals surface area contributed by atoms with Gasteiger partial charge in [-0.2, -0.15) is 10.4 Å². The minimum atomic E-state index is -0.298. The van der Waals surface area contributed by atoms with Crippen LogP contribution < -0.4 is 21.6 Å². The molecular formula is C26H25N9O2. The van der Waals surface area contributed by atoms with Gasteiger partial charge in [0, 0.05) is 42.0 Å². The molecule has 0 spiro atoms. The molecule has 6 rings (SSSR count). The number of morpholine rings is 1. The Balaban J connectivity index is 1.42. The lowest BCUT2D eigenvalue weighted by atomic mass is 10.0. The van der Waals surface area contributed by atoms with Crippen LogP contribution >= 0.6 is 0 Å². The van der Waals surface area contributed by atoms with Crippen LogP contribution in [0.5, 0.6) is 0 Å². The number of pyridine rings is 1. The summed E-state index contributed by atoms with van der Waals surface area (Å²) in [4.78, 5) is 24.1. The van der Waals surface area contributed by atoms with E-state index in [2.05, 4.69) is 28.3 Å². The van der Waals surface area contributed by atoms with E-state index in [4.69, 9.17) is 20.5 Å². The average molecular weight is 496 g/mol. The van der Waals surface area contributed by atoms with Gasteiger partial charge in [-0.3, -0.25) is 9.48 Å². The number of nitrogens with two attached hydrogens (primary N) is 1. The molecule has 3 N–H and O–H groups in total. The van der Waals surface area contributed by atoms with Crippen LogP contribution in [0.15, 0.2) is 53.3 Å². The molecule has 2 aliphatic heterocycles. The second-order valence-corrected chi connectivity index (χ2v) is 9.14. The van der Waals surface area contributed by atoms with Crippen molar-refractivity contribution < 1.29 is 4.74 Å². The Morgan fingerprint density at radius 2 is 2.00 bits per heavy atom. The number of nitrogens with zero attached hydrogens (tertiary/aromatic N) is 7.